The van der Waals surface area contributed by atoms with E-state index in [-0.39, 0.29) is 29.6 Å². The number of methoxy groups -OCH3 is 1. The molecule has 0 amide bonds. The number of fused-ring (bicyclic) bond motifs is 2. The quantitative estimate of drug-likeness (QED) is 0.0988. The minimum absolute atomic E-state index is 0.0367. The van der Waals surface area contributed by atoms with Crippen LogP contribution >= 0.6 is 23.2 Å². The maximum absolute atomic E-state index is 13.6. The van der Waals surface area contributed by atoms with E-state index in [0.29, 0.717) is 48.8 Å². The van der Waals surface area contributed by atoms with Crippen LogP contribution in [0.4, 0.5) is 5.69 Å². The average Bonchev–Trinajstić information content (AvgIpc) is 3.46. The molecule has 4 aromatic carbocycles. The molecule has 0 radical (unpaired) electrons. The van der Waals surface area contributed by atoms with E-state index in [4.69, 9.17) is 37.1 Å². The highest BCUT2D eigenvalue weighted by Crippen LogP contribution is 2.33. The SMILES string of the molecule is COc1cccc2oc(-c3nc4ccccc4c(=O)n3N=Cc3ccc(OCc4ccc(Cl)c(Cl)c4)c([N+](=O)[O-])c3)cc12. The summed E-state index contributed by atoms with van der Waals surface area (Å²) in [6.07, 6.45) is 1.33. The zero-order valence-corrected chi connectivity index (χ0v) is 23.9. The number of rotatable bonds is 8. The zero-order chi connectivity index (χ0) is 30.1. The summed E-state index contributed by atoms with van der Waals surface area (Å²) in [5.74, 6) is 1.08. The van der Waals surface area contributed by atoms with E-state index in [1.807, 2.05) is 0 Å². The van der Waals surface area contributed by atoms with Crippen molar-refractivity contribution in [3.8, 4) is 23.1 Å². The van der Waals surface area contributed by atoms with E-state index >= 15 is 0 Å². The van der Waals surface area contributed by atoms with Gasteiger partial charge in [-0.3, -0.25) is 14.9 Å². The fourth-order valence-electron chi connectivity index (χ4n) is 4.51. The maximum atomic E-state index is 13.6. The summed E-state index contributed by atoms with van der Waals surface area (Å²) in [5.41, 5.74) is 1.32. The summed E-state index contributed by atoms with van der Waals surface area (Å²) in [5, 5.41) is 18.1. The lowest BCUT2D eigenvalue weighted by molar-refractivity contribution is -0.385. The van der Waals surface area contributed by atoms with Gasteiger partial charge in [0.1, 0.15) is 17.9 Å². The van der Waals surface area contributed by atoms with E-state index in [1.54, 1.807) is 79.9 Å². The molecule has 0 aliphatic rings. The number of para-hydroxylation sites is 1. The van der Waals surface area contributed by atoms with Crippen molar-refractivity contribution < 1.29 is 18.8 Å². The molecule has 214 valence electrons. The first-order valence-electron chi connectivity index (χ1n) is 12.8. The number of hydrogen-bond acceptors (Lipinski definition) is 8. The number of halogens is 2. The molecule has 2 aromatic heterocycles. The van der Waals surface area contributed by atoms with E-state index in [0.717, 1.165) is 4.68 Å². The fourth-order valence-corrected chi connectivity index (χ4v) is 4.83. The highest BCUT2D eigenvalue weighted by Gasteiger charge is 2.19. The fraction of sp³-hybridized carbons (Fsp3) is 0.0645. The molecule has 10 nitrogen and oxygen atoms in total. The third-order valence-electron chi connectivity index (χ3n) is 6.60. The summed E-state index contributed by atoms with van der Waals surface area (Å²) >= 11 is 12.0. The van der Waals surface area contributed by atoms with Crippen LogP contribution in [0.5, 0.6) is 11.5 Å². The largest absolute Gasteiger partial charge is 0.496 e. The van der Waals surface area contributed by atoms with Crippen LogP contribution < -0.4 is 15.0 Å². The van der Waals surface area contributed by atoms with Gasteiger partial charge >= 0.3 is 5.69 Å². The second kappa shape index (κ2) is 11.6. The normalized spacial score (nSPS) is 11.4. The van der Waals surface area contributed by atoms with Gasteiger partial charge in [-0.15, -0.1) is 0 Å². The van der Waals surface area contributed by atoms with Gasteiger partial charge in [-0.25, -0.2) is 4.98 Å². The Morgan fingerprint density at radius 3 is 2.60 bits per heavy atom. The highest BCUT2D eigenvalue weighted by molar-refractivity contribution is 6.42. The minimum Gasteiger partial charge on any atom is -0.496 e. The first-order valence-corrected chi connectivity index (χ1v) is 13.6. The first-order chi connectivity index (χ1) is 20.8. The molecule has 0 saturated heterocycles. The van der Waals surface area contributed by atoms with Gasteiger partial charge in [0.25, 0.3) is 5.56 Å². The third-order valence-corrected chi connectivity index (χ3v) is 7.33. The monoisotopic (exact) mass is 614 g/mol. The Morgan fingerprint density at radius 2 is 1.81 bits per heavy atom. The Morgan fingerprint density at radius 1 is 0.977 bits per heavy atom. The van der Waals surface area contributed by atoms with Crippen LogP contribution in [-0.4, -0.2) is 27.9 Å². The predicted octanol–water partition coefficient (Wildman–Crippen LogP) is 7.49. The van der Waals surface area contributed by atoms with Crippen molar-refractivity contribution in [2.45, 2.75) is 6.61 Å². The Hall–Kier alpha value is -5.19. The smallest absolute Gasteiger partial charge is 0.311 e. The Kier molecular flexibility index (Phi) is 7.54. The molecule has 0 N–H and O–H groups in total. The van der Waals surface area contributed by atoms with Crippen LogP contribution in [0, 0.1) is 10.1 Å². The molecular formula is C31H20Cl2N4O6. The molecule has 6 rings (SSSR count). The van der Waals surface area contributed by atoms with Crippen LogP contribution in [-0.2, 0) is 6.61 Å². The number of hydrogen-bond donors (Lipinski definition) is 0. The molecule has 0 aliphatic heterocycles. The Balaban J connectivity index is 1.39. The molecule has 2 heterocycles. The molecule has 43 heavy (non-hydrogen) atoms. The molecule has 0 aliphatic carbocycles. The lowest BCUT2D eigenvalue weighted by Gasteiger charge is -2.09. The summed E-state index contributed by atoms with van der Waals surface area (Å²) in [6.45, 7) is 0.0367. The molecule has 12 heteroatoms. The number of nitro benzene ring substituents is 1. The van der Waals surface area contributed by atoms with Crippen molar-refractivity contribution in [1.82, 2.24) is 9.66 Å². The first kappa shape index (κ1) is 28.0. The number of aromatic nitrogens is 2. The predicted molar refractivity (Wildman–Crippen MR) is 165 cm³/mol. The molecule has 0 saturated carbocycles. The molecule has 0 bridgehead atoms. The minimum atomic E-state index is -0.557. The van der Waals surface area contributed by atoms with Crippen LogP contribution in [0.3, 0.4) is 0 Å². The van der Waals surface area contributed by atoms with E-state index < -0.39 is 10.5 Å². The maximum Gasteiger partial charge on any atom is 0.311 e. The van der Waals surface area contributed by atoms with Gasteiger partial charge in [0.2, 0.25) is 5.82 Å². The van der Waals surface area contributed by atoms with Gasteiger partial charge in [-0.2, -0.15) is 9.78 Å². The lowest BCUT2D eigenvalue weighted by atomic mass is 10.2. The van der Waals surface area contributed by atoms with Gasteiger partial charge in [0, 0.05) is 11.6 Å². The lowest BCUT2D eigenvalue weighted by Crippen LogP contribution is -2.20. The topological polar surface area (TPSA) is 122 Å². The molecule has 6 aromatic rings. The molecule has 0 unspecified atom stereocenters. The Bertz CT molecular complexity index is 2120. The van der Waals surface area contributed by atoms with Gasteiger partial charge in [0.05, 0.1) is 44.6 Å². The van der Waals surface area contributed by atoms with Crippen molar-refractivity contribution in [3.63, 3.8) is 0 Å². The molecule has 0 spiro atoms. The van der Waals surface area contributed by atoms with Crippen molar-refractivity contribution in [3.05, 3.63) is 127 Å². The standard InChI is InChI=1S/C31H20Cl2N4O6/c1-41-26-7-4-8-27-21(26)15-29(43-27)30-35-24-6-3-2-5-20(24)31(38)36(30)34-16-18-10-12-28(25(14-18)37(39)40)42-17-19-9-11-22(32)23(33)13-19/h2-16H,17H2,1H3. The summed E-state index contributed by atoms with van der Waals surface area (Å²) < 4.78 is 18.3. The molecular weight excluding hydrogens is 595 g/mol. The summed E-state index contributed by atoms with van der Waals surface area (Å²) in [7, 11) is 1.55. The number of benzene rings is 4. The summed E-state index contributed by atoms with van der Waals surface area (Å²) in [4.78, 5) is 29.6. The third kappa shape index (κ3) is 5.53. The van der Waals surface area contributed by atoms with Gasteiger partial charge in [-0.1, -0.05) is 47.5 Å². The van der Waals surface area contributed by atoms with Gasteiger partial charge in [0.15, 0.2) is 11.5 Å². The zero-order valence-electron chi connectivity index (χ0n) is 22.4. The van der Waals surface area contributed by atoms with Gasteiger partial charge < -0.3 is 13.9 Å². The number of nitrogens with zero attached hydrogens (tertiary/aromatic N) is 4. The van der Waals surface area contributed by atoms with E-state index in [9.17, 15) is 14.9 Å². The van der Waals surface area contributed by atoms with Crippen molar-refractivity contribution >= 4 is 57.0 Å². The van der Waals surface area contributed by atoms with E-state index in [1.165, 1.54) is 18.3 Å². The molecule has 0 atom stereocenters. The molecule has 0 fully saturated rings. The average molecular weight is 615 g/mol. The van der Waals surface area contributed by atoms with E-state index in [2.05, 4.69) is 10.1 Å². The van der Waals surface area contributed by atoms with Crippen LogP contribution in [0.15, 0.2) is 99.2 Å². The summed E-state index contributed by atoms with van der Waals surface area (Å²) in [6, 6.07) is 23.3. The van der Waals surface area contributed by atoms with Crippen LogP contribution in [0.1, 0.15) is 11.1 Å². The van der Waals surface area contributed by atoms with Crippen LogP contribution in [0.2, 0.25) is 10.0 Å². The Labute approximate surface area is 253 Å². The second-order valence-electron chi connectivity index (χ2n) is 9.32. The van der Waals surface area contributed by atoms with Gasteiger partial charge in [-0.05, 0) is 60.2 Å². The number of ether oxygens (including phenoxy) is 2. The van der Waals surface area contributed by atoms with Crippen LogP contribution in [0.25, 0.3) is 33.5 Å². The van der Waals surface area contributed by atoms with Crippen molar-refractivity contribution in [2.24, 2.45) is 5.10 Å². The van der Waals surface area contributed by atoms with Crippen molar-refractivity contribution in [1.29, 1.82) is 0 Å². The highest BCUT2D eigenvalue weighted by atomic mass is 35.5. The number of furan rings is 1. The van der Waals surface area contributed by atoms with Crippen molar-refractivity contribution in [2.75, 3.05) is 7.11 Å². The number of nitro groups is 1. The second-order valence-corrected chi connectivity index (χ2v) is 10.1.